The number of esters is 5. The second kappa shape index (κ2) is 36.3. The van der Waals surface area contributed by atoms with Crippen LogP contribution in [0.4, 0.5) is 0 Å². The molecule has 1 aliphatic rings. The number of benzene rings is 6. The highest BCUT2D eigenvalue weighted by molar-refractivity contribution is 6.10. The SMILES string of the molecule is C=CC(=O)OCCCCCCOc1ccc(CCOC(=O)c2ccc3c(c2)c(Oc2ccc(OCCCCCC)cc2)nc2cc(OC(=O)C4CCC(C(=O)Oc5ccc(OCCc6ccc(OCCCCCCOC(=O)C=C)cc6)cc5)CC4)ccc23)cc1. The fourth-order valence-electron chi connectivity index (χ4n) is 10.3. The van der Waals surface area contributed by atoms with Crippen LogP contribution < -0.4 is 33.2 Å². The third-order valence-corrected chi connectivity index (χ3v) is 15.5. The highest BCUT2D eigenvalue weighted by Crippen LogP contribution is 2.37. The molecule has 16 nitrogen and oxygen atoms in total. The van der Waals surface area contributed by atoms with E-state index in [9.17, 15) is 24.0 Å². The number of rotatable bonds is 38. The van der Waals surface area contributed by atoms with E-state index in [0.29, 0.717) is 118 Å². The van der Waals surface area contributed by atoms with Crippen LogP contribution in [0, 0.1) is 11.8 Å². The number of hydrogen-bond donors (Lipinski definition) is 0. The van der Waals surface area contributed by atoms with Crippen LogP contribution in [0.25, 0.3) is 21.7 Å². The van der Waals surface area contributed by atoms with Crippen molar-refractivity contribution in [2.24, 2.45) is 11.8 Å². The maximum Gasteiger partial charge on any atom is 0.338 e. The van der Waals surface area contributed by atoms with Gasteiger partial charge in [0, 0.05) is 41.8 Å². The Bertz CT molecular complexity index is 3430. The number of pyridine rings is 1. The summed E-state index contributed by atoms with van der Waals surface area (Å²) < 4.78 is 57.8. The van der Waals surface area contributed by atoms with E-state index in [4.69, 9.17) is 52.4 Å². The van der Waals surface area contributed by atoms with Gasteiger partial charge in [-0.1, -0.05) is 69.7 Å². The molecule has 1 fully saturated rings. The molecule has 6 aromatic carbocycles. The normalized spacial score (nSPS) is 13.6. The summed E-state index contributed by atoms with van der Waals surface area (Å²) in [4.78, 5) is 67.9. The van der Waals surface area contributed by atoms with Gasteiger partial charge in [0.25, 0.3) is 0 Å². The summed E-state index contributed by atoms with van der Waals surface area (Å²) in [5.41, 5.74) is 2.95. The van der Waals surface area contributed by atoms with E-state index in [1.807, 2.05) is 84.9 Å². The smallest absolute Gasteiger partial charge is 0.338 e. The molecule has 1 aromatic heterocycles. The van der Waals surface area contributed by atoms with Crippen LogP contribution in [0.3, 0.4) is 0 Å². The van der Waals surface area contributed by atoms with Crippen LogP contribution in [0.1, 0.15) is 131 Å². The molecule has 7 aromatic rings. The molecule has 0 aliphatic heterocycles. The summed E-state index contributed by atoms with van der Waals surface area (Å²) in [6, 6.07) is 40.7. The number of ether oxygens (including phenoxy) is 10. The Balaban J connectivity index is 0.802. The first kappa shape index (κ1) is 66.8. The van der Waals surface area contributed by atoms with Crippen molar-refractivity contribution >= 4 is 51.5 Å². The highest BCUT2D eigenvalue weighted by Gasteiger charge is 2.32. The third kappa shape index (κ3) is 21.8. The van der Waals surface area contributed by atoms with Crippen molar-refractivity contribution in [3.8, 4) is 46.1 Å². The Morgan fingerprint density at radius 3 is 1.36 bits per heavy atom. The quantitative estimate of drug-likeness (QED) is 0.00886. The summed E-state index contributed by atoms with van der Waals surface area (Å²) in [7, 11) is 0. The number of nitrogens with zero attached hydrogens (tertiary/aromatic N) is 1. The summed E-state index contributed by atoms with van der Waals surface area (Å²) in [5.74, 6) is 1.68. The molecule has 16 heteroatoms. The molecule has 0 unspecified atom stereocenters. The predicted octanol–water partition coefficient (Wildman–Crippen LogP) is 15.8. The van der Waals surface area contributed by atoms with E-state index in [2.05, 4.69) is 20.1 Å². The van der Waals surface area contributed by atoms with Gasteiger partial charge in [-0.25, -0.2) is 19.4 Å². The molecule has 0 spiro atoms. The maximum absolute atomic E-state index is 13.7. The van der Waals surface area contributed by atoms with Crippen LogP contribution in [0.15, 0.2) is 159 Å². The largest absolute Gasteiger partial charge is 0.494 e. The minimum Gasteiger partial charge on any atom is -0.494 e. The first-order valence-electron chi connectivity index (χ1n) is 31.7. The van der Waals surface area contributed by atoms with E-state index in [1.54, 1.807) is 48.5 Å². The monoisotopic (exact) mass is 1230 g/mol. The molecule has 1 aliphatic carbocycles. The minimum atomic E-state index is -0.492. The molecule has 8 rings (SSSR count). The van der Waals surface area contributed by atoms with E-state index < -0.39 is 17.9 Å². The lowest BCUT2D eigenvalue weighted by Gasteiger charge is -2.25. The van der Waals surface area contributed by atoms with Gasteiger partial charge in [0.15, 0.2) is 0 Å². The average Bonchev–Trinajstić information content (AvgIpc) is 0.874. The van der Waals surface area contributed by atoms with Crippen molar-refractivity contribution in [3.63, 3.8) is 0 Å². The molecule has 0 N–H and O–H groups in total. The van der Waals surface area contributed by atoms with Crippen molar-refractivity contribution in [2.45, 2.75) is 122 Å². The zero-order chi connectivity index (χ0) is 63.1. The van der Waals surface area contributed by atoms with Gasteiger partial charge in [0.05, 0.1) is 69.2 Å². The van der Waals surface area contributed by atoms with Crippen LogP contribution in [-0.2, 0) is 46.2 Å². The maximum atomic E-state index is 13.7. The molecule has 474 valence electrons. The molecule has 0 radical (unpaired) electrons. The van der Waals surface area contributed by atoms with Gasteiger partial charge in [-0.3, -0.25) is 9.59 Å². The van der Waals surface area contributed by atoms with Gasteiger partial charge >= 0.3 is 29.8 Å². The topological polar surface area (TPSA) is 191 Å². The molecule has 1 heterocycles. The summed E-state index contributed by atoms with van der Waals surface area (Å²) in [6.07, 6.45) is 17.1. The van der Waals surface area contributed by atoms with Crippen molar-refractivity contribution < 1.29 is 71.3 Å². The molecule has 0 amide bonds. The van der Waals surface area contributed by atoms with E-state index >= 15 is 0 Å². The number of carbonyl (C=O) groups excluding carboxylic acids is 5. The lowest BCUT2D eigenvalue weighted by Crippen LogP contribution is -2.30. The number of unbranched alkanes of at least 4 members (excludes halogenated alkanes) is 9. The molecule has 90 heavy (non-hydrogen) atoms. The molecular formula is C74H83NO15. The second-order valence-electron chi connectivity index (χ2n) is 22.2. The Labute approximate surface area is 527 Å². The molecule has 0 saturated heterocycles. The zero-order valence-corrected chi connectivity index (χ0v) is 51.7. The lowest BCUT2D eigenvalue weighted by atomic mass is 9.82. The van der Waals surface area contributed by atoms with Gasteiger partial charge in [-0.2, -0.15) is 0 Å². The van der Waals surface area contributed by atoms with Crippen LogP contribution in [0.2, 0.25) is 0 Å². The number of hydrogen-bond acceptors (Lipinski definition) is 16. The zero-order valence-electron chi connectivity index (χ0n) is 51.7. The lowest BCUT2D eigenvalue weighted by molar-refractivity contribution is -0.145. The van der Waals surface area contributed by atoms with Crippen molar-refractivity contribution in [3.05, 3.63) is 175 Å². The average molecular weight is 1230 g/mol. The van der Waals surface area contributed by atoms with Gasteiger partial charge in [0.1, 0.15) is 40.2 Å². The summed E-state index contributed by atoms with van der Waals surface area (Å²) >= 11 is 0. The van der Waals surface area contributed by atoms with Crippen molar-refractivity contribution in [1.29, 1.82) is 0 Å². The summed E-state index contributed by atoms with van der Waals surface area (Å²) in [5, 5.41) is 2.11. The Hall–Kier alpha value is -9.18. The summed E-state index contributed by atoms with van der Waals surface area (Å²) in [6.45, 7) is 12.2. The molecule has 0 bridgehead atoms. The fraction of sp³-hybridized carbons (Fsp3) is 0.378. The van der Waals surface area contributed by atoms with Gasteiger partial charge < -0.3 is 47.4 Å². The highest BCUT2D eigenvalue weighted by atomic mass is 16.6. The van der Waals surface area contributed by atoms with Crippen LogP contribution in [0.5, 0.6) is 46.1 Å². The predicted molar refractivity (Wildman–Crippen MR) is 345 cm³/mol. The van der Waals surface area contributed by atoms with Crippen LogP contribution in [-0.4, -0.2) is 81.1 Å². The van der Waals surface area contributed by atoms with E-state index in [-0.39, 0.29) is 36.3 Å². The minimum absolute atomic E-state index is 0.162. The van der Waals surface area contributed by atoms with Crippen molar-refractivity contribution in [1.82, 2.24) is 4.98 Å². The fourth-order valence-corrected chi connectivity index (χ4v) is 10.3. The van der Waals surface area contributed by atoms with Crippen molar-refractivity contribution in [2.75, 3.05) is 46.2 Å². The van der Waals surface area contributed by atoms with Gasteiger partial charge in [-0.15, -0.1) is 0 Å². The Morgan fingerprint density at radius 2 is 0.844 bits per heavy atom. The van der Waals surface area contributed by atoms with E-state index in [1.165, 1.54) is 18.6 Å². The number of fused-ring (bicyclic) bond motifs is 3. The van der Waals surface area contributed by atoms with Gasteiger partial charge in [0.2, 0.25) is 5.88 Å². The Morgan fingerprint density at radius 1 is 0.422 bits per heavy atom. The molecular weight excluding hydrogens is 1140 g/mol. The first-order chi connectivity index (χ1) is 44.0. The number of aromatic nitrogens is 1. The standard InChI is InChI=1S/C74H83NO15/c1-4-7-8-13-44-83-60-31-35-62(36-32-60)88-71-67-51-57(72(78)87-50-43-54-20-29-59(30-21-54)82-46-15-10-12-17-48-86-70(77)6-3)26-40-65(67)66-41-39-64(52-68(66)75-71)90-74(80)56-24-22-55(23-25-56)73(79)89-63-37-33-61(34-38-63)84-49-42-53-18-27-58(28-19-53)81-45-14-9-11-16-47-85-69(76)5-2/h5-6,18-21,26-41,51-52,55-56H,2-4,7-17,22-25,42-50H2,1H3. The first-order valence-corrected chi connectivity index (χ1v) is 31.7. The second-order valence-corrected chi connectivity index (χ2v) is 22.2. The van der Waals surface area contributed by atoms with Gasteiger partial charge in [-0.05, 0) is 197 Å². The Kier molecular flexibility index (Phi) is 27.0. The van der Waals surface area contributed by atoms with Crippen LogP contribution >= 0.6 is 0 Å². The third-order valence-electron chi connectivity index (χ3n) is 15.5. The van der Waals surface area contributed by atoms with E-state index in [0.717, 1.165) is 110 Å². The molecule has 1 saturated carbocycles. The molecule has 0 atom stereocenters. The number of carbonyl (C=O) groups is 5.